The molecule has 5 rings (SSSR count). The van der Waals surface area contributed by atoms with Crippen LogP contribution in [0.15, 0.2) is 72.9 Å². The molecule has 1 fully saturated rings. The third kappa shape index (κ3) is 5.36. The molecule has 40 heavy (non-hydrogen) atoms. The lowest BCUT2D eigenvalue weighted by atomic mass is 9.93. The Labute approximate surface area is 232 Å². The first kappa shape index (κ1) is 28.6. The highest BCUT2D eigenvalue weighted by molar-refractivity contribution is 8.18. The van der Waals surface area contributed by atoms with Gasteiger partial charge in [-0.1, -0.05) is 59.8 Å². The Balaban J connectivity index is 1.49. The van der Waals surface area contributed by atoms with Crippen molar-refractivity contribution in [3.63, 3.8) is 0 Å². The van der Waals surface area contributed by atoms with Crippen molar-refractivity contribution in [2.45, 2.75) is 54.4 Å². The highest BCUT2D eigenvalue weighted by Crippen LogP contribution is 2.58. The zero-order chi connectivity index (χ0) is 28.8. The molecule has 1 aromatic heterocycles. The summed E-state index contributed by atoms with van der Waals surface area (Å²) in [6.45, 7) is 2.29. The van der Waals surface area contributed by atoms with Gasteiger partial charge in [-0.15, -0.1) is 5.10 Å². The van der Waals surface area contributed by atoms with Crippen LogP contribution in [0.4, 0.5) is 13.2 Å². The first-order valence-corrected chi connectivity index (χ1v) is 14.6. The highest BCUT2D eigenvalue weighted by atomic mass is 32.2. The zero-order valence-corrected chi connectivity index (χ0v) is 22.8. The van der Waals surface area contributed by atoms with E-state index in [1.807, 2.05) is 42.5 Å². The minimum atomic E-state index is -4.67. The van der Waals surface area contributed by atoms with Crippen molar-refractivity contribution in [1.29, 1.82) is 0 Å². The number of benzene rings is 3. The van der Waals surface area contributed by atoms with E-state index in [4.69, 9.17) is 0 Å². The van der Waals surface area contributed by atoms with Gasteiger partial charge in [-0.3, -0.25) is 0 Å². The minimum absolute atomic E-state index is 0.0195. The van der Waals surface area contributed by atoms with Crippen molar-refractivity contribution in [1.82, 2.24) is 15.0 Å². The van der Waals surface area contributed by atoms with Crippen LogP contribution in [-0.4, -0.2) is 70.8 Å². The number of aliphatic hydroxyl groups is 4. The number of halogens is 3. The van der Waals surface area contributed by atoms with Crippen LogP contribution in [0.3, 0.4) is 0 Å². The van der Waals surface area contributed by atoms with Crippen LogP contribution in [0.2, 0.25) is 0 Å². The van der Waals surface area contributed by atoms with Crippen molar-refractivity contribution >= 4 is 21.7 Å². The number of rotatable bonds is 6. The molecule has 4 aromatic rings. The number of hydrogen-bond donors (Lipinski definition) is 5. The Kier molecular flexibility index (Phi) is 7.71. The molecule has 2 heterocycles. The smallest absolute Gasteiger partial charge is 0.395 e. The summed E-state index contributed by atoms with van der Waals surface area (Å²) in [6.07, 6.45) is -5.62. The van der Waals surface area contributed by atoms with Gasteiger partial charge in [-0.25, -0.2) is 15.6 Å². The monoisotopic (exact) mass is 575 g/mol. The van der Waals surface area contributed by atoms with Gasteiger partial charge in [-0.05, 0) is 42.3 Å². The van der Waals surface area contributed by atoms with Gasteiger partial charge < -0.3 is 20.4 Å². The Morgan fingerprint density at radius 1 is 1.00 bits per heavy atom. The van der Waals surface area contributed by atoms with Crippen LogP contribution in [0.5, 0.6) is 0 Å². The Hall–Kier alpha value is -2.96. The molecular formula is C29H32F3N3O4S. The predicted molar refractivity (Wildman–Crippen MR) is 149 cm³/mol. The van der Waals surface area contributed by atoms with Crippen LogP contribution in [0, 0.1) is 0 Å². The maximum absolute atomic E-state index is 14.0. The maximum atomic E-state index is 14.0. The van der Waals surface area contributed by atoms with Crippen molar-refractivity contribution in [2.24, 2.45) is 0 Å². The number of nitrogens with zero attached hydrogens (tertiary/aromatic N) is 3. The number of alkyl halides is 3. The molecule has 7 nitrogen and oxygen atoms in total. The van der Waals surface area contributed by atoms with E-state index in [9.17, 15) is 33.6 Å². The normalized spacial score (nSPS) is 25.7. The fourth-order valence-electron chi connectivity index (χ4n) is 5.82. The third-order valence-electron chi connectivity index (χ3n) is 7.57. The molecule has 1 aliphatic heterocycles. The van der Waals surface area contributed by atoms with Crippen LogP contribution < -0.4 is 0 Å². The fourth-order valence-corrected chi connectivity index (χ4v) is 9.50. The van der Waals surface area contributed by atoms with Crippen molar-refractivity contribution in [2.75, 3.05) is 12.4 Å². The molecule has 0 aliphatic carbocycles. The average Bonchev–Trinajstić information content (AvgIpc) is 3.37. The maximum Gasteiger partial charge on any atom is 0.416 e. The molecule has 6 atom stereocenters. The molecule has 214 valence electrons. The fraction of sp³-hybridized carbons (Fsp3) is 0.379. The van der Waals surface area contributed by atoms with E-state index in [1.54, 1.807) is 6.20 Å². The van der Waals surface area contributed by atoms with Gasteiger partial charge in [0, 0.05) is 21.8 Å². The zero-order valence-electron chi connectivity index (χ0n) is 21.9. The van der Waals surface area contributed by atoms with Crippen molar-refractivity contribution in [3.05, 3.63) is 84.1 Å². The number of aliphatic hydroxyl groups excluding tert-OH is 3. The van der Waals surface area contributed by atoms with Crippen molar-refractivity contribution in [3.8, 4) is 11.3 Å². The van der Waals surface area contributed by atoms with Gasteiger partial charge in [-0.2, -0.15) is 13.2 Å². The molecule has 0 radical (unpaired) electrons. The molecule has 0 saturated carbocycles. The molecule has 0 bridgehead atoms. The minimum Gasteiger partial charge on any atom is -0.395 e. The van der Waals surface area contributed by atoms with E-state index in [0.717, 1.165) is 22.4 Å². The van der Waals surface area contributed by atoms with E-state index >= 15 is 0 Å². The summed E-state index contributed by atoms with van der Waals surface area (Å²) in [5, 5.41) is 52.7. The molecule has 0 amide bonds. The number of thiol groups is 1. The van der Waals surface area contributed by atoms with E-state index in [2.05, 4.69) is 10.3 Å². The lowest BCUT2D eigenvalue weighted by Gasteiger charge is -2.51. The summed E-state index contributed by atoms with van der Waals surface area (Å²) in [5.74, 6) is -0.0195. The SMILES string of the molecule is CC(C)(O)[C@@H](c1ccccc1C(F)(F)F)[SH]1C[C@H](O)[C@H](n2cc(-c3ccc4ccccc4c3)nn2)[C@@H](O)[C@H]1CO. The summed E-state index contributed by atoms with van der Waals surface area (Å²) < 4.78 is 43.3. The lowest BCUT2D eigenvalue weighted by molar-refractivity contribution is -0.138. The Morgan fingerprint density at radius 2 is 1.68 bits per heavy atom. The quantitative estimate of drug-likeness (QED) is 0.220. The van der Waals surface area contributed by atoms with Crippen LogP contribution in [-0.2, 0) is 6.18 Å². The molecule has 11 heteroatoms. The first-order valence-electron chi connectivity index (χ1n) is 12.9. The predicted octanol–water partition coefficient (Wildman–Crippen LogP) is 4.27. The van der Waals surface area contributed by atoms with Crippen LogP contribution in [0.1, 0.15) is 36.3 Å². The molecule has 3 aromatic carbocycles. The molecule has 1 saturated heterocycles. The molecule has 0 spiro atoms. The second-order valence-electron chi connectivity index (χ2n) is 10.8. The van der Waals surface area contributed by atoms with E-state index in [-0.39, 0.29) is 11.3 Å². The van der Waals surface area contributed by atoms with Gasteiger partial charge in [0.15, 0.2) is 0 Å². The van der Waals surface area contributed by atoms with E-state index < -0.39 is 63.6 Å². The summed E-state index contributed by atoms with van der Waals surface area (Å²) in [5.41, 5.74) is -1.33. The third-order valence-corrected chi connectivity index (χ3v) is 11.3. The Morgan fingerprint density at radius 3 is 2.35 bits per heavy atom. The van der Waals surface area contributed by atoms with E-state index in [0.29, 0.717) is 5.69 Å². The van der Waals surface area contributed by atoms with Gasteiger partial charge in [0.1, 0.15) is 11.7 Å². The average molecular weight is 576 g/mol. The van der Waals surface area contributed by atoms with E-state index in [1.165, 1.54) is 36.7 Å². The Bertz CT molecular complexity index is 1490. The summed E-state index contributed by atoms with van der Waals surface area (Å²) in [7, 11) is -1.74. The lowest BCUT2D eigenvalue weighted by Crippen LogP contribution is -2.52. The number of hydrogen-bond acceptors (Lipinski definition) is 6. The van der Waals surface area contributed by atoms with Crippen molar-refractivity contribution < 1.29 is 33.6 Å². The highest BCUT2D eigenvalue weighted by Gasteiger charge is 2.50. The second kappa shape index (κ2) is 10.8. The van der Waals surface area contributed by atoms with Crippen LogP contribution >= 0.6 is 10.9 Å². The van der Waals surface area contributed by atoms with Gasteiger partial charge in [0.2, 0.25) is 0 Å². The summed E-state index contributed by atoms with van der Waals surface area (Å²) in [6, 6.07) is 17.7. The summed E-state index contributed by atoms with van der Waals surface area (Å²) in [4.78, 5) is 0. The van der Waals surface area contributed by atoms with Crippen LogP contribution in [0.25, 0.3) is 22.0 Å². The van der Waals surface area contributed by atoms with Gasteiger partial charge in [0.05, 0.1) is 36.2 Å². The van der Waals surface area contributed by atoms with Gasteiger partial charge >= 0.3 is 6.18 Å². The summed E-state index contributed by atoms with van der Waals surface area (Å²) >= 11 is 0. The first-order chi connectivity index (χ1) is 18.9. The second-order valence-corrected chi connectivity index (χ2v) is 13.4. The van der Waals surface area contributed by atoms with Gasteiger partial charge in [0.25, 0.3) is 0 Å². The topological polar surface area (TPSA) is 112 Å². The molecule has 1 unspecified atom stereocenters. The largest absolute Gasteiger partial charge is 0.416 e. The number of aromatic nitrogens is 3. The standard InChI is InChI=1S/C29H32F3N3O4S/c1-28(2,39)27(20-9-5-6-10-21(20)29(30,31)32)40-16-23(37)25(26(38)24(40)15-36)35-14-22(33-34-35)19-12-11-17-7-3-4-8-18(17)13-19/h3-14,23-27,36-40H,15-16H2,1-2H3/t23-,24+,25-,26-,27+/m0/s1. The molecule has 1 aliphatic rings. The molecular weight excluding hydrogens is 543 g/mol. The molecule has 4 N–H and O–H groups in total. The number of fused-ring (bicyclic) bond motifs is 1.